The van der Waals surface area contributed by atoms with Crippen LogP contribution in [-0.2, 0) is 28.7 Å². The number of rotatable bonds is 9. The van der Waals surface area contributed by atoms with Crippen molar-refractivity contribution < 1.29 is 33.8 Å². The Morgan fingerprint density at radius 1 is 1.19 bits per heavy atom. The standard InChI is InChI=1S/C25H40O7/c1-7-32-21(28)14-25(30)13-20-23(4,11-8-12-24(20,5)22(29)31-6)17(18(25)15-26)9-10-19(27)16(2)3/h15-18,20,30H,7-14H2,1-6H3/t17-,18-,20+,23+,24+,25-/m0/s1. The van der Waals surface area contributed by atoms with Gasteiger partial charge in [-0.1, -0.05) is 27.2 Å². The van der Waals surface area contributed by atoms with Crippen LogP contribution < -0.4 is 0 Å². The van der Waals surface area contributed by atoms with Gasteiger partial charge in [-0.3, -0.25) is 14.4 Å². The molecule has 32 heavy (non-hydrogen) atoms. The quantitative estimate of drug-likeness (QED) is 0.421. The summed E-state index contributed by atoms with van der Waals surface area (Å²) in [6.07, 6.45) is 3.46. The number of ketones is 1. The van der Waals surface area contributed by atoms with Crippen molar-refractivity contribution in [1.82, 2.24) is 0 Å². The van der Waals surface area contributed by atoms with Crippen LogP contribution in [0.15, 0.2) is 0 Å². The fourth-order valence-corrected chi connectivity index (χ4v) is 6.54. The van der Waals surface area contributed by atoms with Crippen molar-refractivity contribution in [3.05, 3.63) is 0 Å². The van der Waals surface area contributed by atoms with E-state index < -0.39 is 28.3 Å². The van der Waals surface area contributed by atoms with Crippen LogP contribution in [-0.4, -0.2) is 48.4 Å². The summed E-state index contributed by atoms with van der Waals surface area (Å²) in [6.45, 7) is 9.49. The fourth-order valence-electron chi connectivity index (χ4n) is 6.54. The molecular formula is C25H40O7. The number of esters is 2. The predicted octanol–water partition coefficient (Wildman–Crippen LogP) is 3.50. The van der Waals surface area contributed by atoms with Crippen molar-refractivity contribution in [3.63, 3.8) is 0 Å². The smallest absolute Gasteiger partial charge is 0.311 e. The van der Waals surface area contributed by atoms with Gasteiger partial charge in [-0.2, -0.15) is 0 Å². The largest absolute Gasteiger partial charge is 0.469 e. The summed E-state index contributed by atoms with van der Waals surface area (Å²) in [5.41, 5.74) is -2.94. The first-order valence-corrected chi connectivity index (χ1v) is 11.8. The molecule has 0 spiro atoms. The van der Waals surface area contributed by atoms with Crippen LogP contribution in [0, 0.1) is 34.5 Å². The van der Waals surface area contributed by atoms with E-state index in [2.05, 4.69) is 6.92 Å². The summed E-state index contributed by atoms with van der Waals surface area (Å²) in [5.74, 6) is -2.40. The van der Waals surface area contributed by atoms with Crippen molar-refractivity contribution in [3.8, 4) is 0 Å². The lowest BCUT2D eigenvalue weighted by atomic mass is 9.42. The molecule has 2 saturated carbocycles. The molecule has 0 unspecified atom stereocenters. The van der Waals surface area contributed by atoms with Crippen molar-refractivity contribution >= 4 is 24.0 Å². The Hall–Kier alpha value is -1.76. The van der Waals surface area contributed by atoms with Gasteiger partial charge in [-0.25, -0.2) is 0 Å². The molecule has 7 heteroatoms. The summed E-state index contributed by atoms with van der Waals surface area (Å²) < 4.78 is 10.2. The van der Waals surface area contributed by atoms with Crippen LogP contribution in [0.3, 0.4) is 0 Å². The zero-order valence-corrected chi connectivity index (χ0v) is 20.4. The minimum absolute atomic E-state index is 0.0980. The second-order valence-electron chi connectivity index (χ2n) is 10.5. The minimum atomic E-state index is -1.64. The Morgan fingerprint density at radius 3 is 2.38 bits per heavy atom. The van der Waals surface area contributed by atoms with Gasteiger partial charge in [0.2, 0.25) is 0 Å². The molecule has 2 fully saturated rings. The number of Topliss-reactive ketones (excluding diaryl/α,β-unsaturated/α-hetero) is 1. The molecule has 2 aliphatic rings. The van der Waals surface area contributed by atoms with Gasteiger partial charge in [0.05, 0.1) is 31.2 Å². The normalized spacial score (nSPS) is 36.8. The topological polar surface area (TPSA) is 107 Å². The van der Waals surface area contributed by atoms with Gasteiger partial charge < -0.3 is 19.4 Å². The maximum atomic E-state index is 12.9. The third kappa shape index (κ3) is 4.78. The fraction of sp³-hybridized carbons (Fsp3) is 0.840. The molecule has 0 aliphatic heterocycles. The molecule has 1 N–H and O–H groups in total. The van der Waals surface area contributed by atoms with Crippen molar-refractivity contribution in [2.45, 2.75) is 85.2 Å². The van der Waals surface area contributed by atoms with Crippen molar-refractivity contribution in [1.29, 1.82) is 0 Å². The zero-order chi connectivity index (χ0) is 24.3. The molecule has 0 saturated heterocycles. The number of hydrogen-bond donors (Lipinski definition) is 1. The highest BCUT2D eigenvalue weighted by molar-refractivity contribution is 5.80. The molecule has 0 aromatic rings. The highest BCUT2D eigenvalue weighted by Gasteiger charge is 2.65. The maximum absolute atomic E-state index is 12.9. The van der Waals surface area contributed by atoms with E-state index in [-0.39, 0.29) is 49.0 Å². The molecule has 182 valence electrons. The first-order valence-electron chi connectivity index (χ1n) is 11.8. The van der Waals surface area contributed by atoms with Crippen molar-refractivity contribution in [2.75, 3.05) is 13.7 Å². The molecule has 6 atom stereocenters. The highest BCUT2D eigenvalue weighted by atomic mass is 16.5. The SMILES string of the molecule is CCOC(=O)C[C@@]1(O)C[C@@H]2[C@](C)(CCC[C@@]2(C)C(=O)OC)[C@@H](CCC(=O)C(C)C)[C@@H]1C=O. The lowest BCUT2D eigenvalue weighted by Gasteiger charge is -2.62. The van der Waals surface area contributed by atoms with E-state index in [1.807, 2.05) is 20.8 Å². The van der Waals surface area contributed by atoms with Crippen LogP contribution in [0.5, 0.6) is 0 Å². The highest BCUT2D eigenvalue weighted by Crippen LogP contribution is 2.64. The average molecular weight is 453 g/mol. The second-order valence-corrected chi connectivity index (χ2v) is 10.5. The van der Waals surface area contributed by atoms with Crippen LogP contribution in [0.4, 0.5) is 0 Å². The van der Waals surface area contributed by atoms with Gasteiger partial charge in [0.1, 0.15) is 12.1 Å². The molecule has 7 nitrogen and oxygen atoms in total. The molecule has 2 rings (SSSR count). The summed E-state index contributed by atoms with van der Waals surface area (Å²) in [5, 5.41) is 11.7. The summed E-state index contributed by atoms with van der Waals surface area (Å²) >= 11 is 0. The number of fused-ring (bicyclic) bond motifs is 1. The maximum Gasteiger partial charge on any atom is 0.311 e. The molecule has 0 heterocycles. The molecule has 0 amide bonds. The van der Waals surface area contributed by atoms with Gasteiger partial charge in [0.15, 0.2) is 0 Å². The number of carbonyl (C=O) groups excluding carboxylic acids is 4. The van der Waals surface area contributed by atoms with Gasteiger partial charge in [-0.15, -0.1) is 0 Å². The molecule has 2 aliphatic carbocycles. The van der Waals surface area contributed by atoms with Gasteiger partial charge >= 0.3 is 11.9 Å². The Bertz CT molecular complexity index is 732. The summed E-state index contributed by atoms with van der Waals surface area (Å²) in [4.78, 5) is 50.1. The summed E-state index contributed by atoms with van der Waals surface area (Å²) in [6, 6.07) is 0. The molecular weight excluding hydrogens is 412 g/mol. The van der Waals surface area contributed by atoms with Crippen LogP contribution in [0.25, 0.3) is 0 Å². The van der Waals surface area contributed by atoms with Gasteiger partial charge in [0, 0.05) is 18.3 Å². The number of hydrogen-bond acceptors (Lipinski definition) is 7. The lowest BCUT2D eigenvalue weighted by molar-refractivity contribution is -0.207. The number of aldehydes is 1. The van der Waals surface area contributed by atoms with Gasteiger partial charge in [0.25, 0.3) is 0 Å². The average Bonchev–Trinajstić information content (AvgIpc) is 2.72. The van der Waals surface area contributed by atoms with E-state index in [9.17, 15) is 24.3 Å². The van der Waals surface area contributed by atoms with E-state index in [0.717, 1.165) is 19.1 Å². The van der Waals surface area contributed by atoms with Gasteiger partial charge in [-0.05, 0) is 56.8 Å². The van der Waals surface area contributed by atoms with E-state index in [0.29, 0.717) is 19.3 Å². The molecule has 0 aromatic heterocycles. The Morgan fingerprint density at radius 2 is 1.84 bits per heavy atom. The molecule has 0 aromatic carbocycles. The zero-order valence-electron chi connectivity index (χ0n) is 20.4. The third-order valence-corrected chi connectivity index (χ3v) is 8.34. The van der Waals surface area contributed by atoms with E-state index >= 15 is 0 Å². The van der Waals surface area contributed by atoms with Crippen LogP contribution >= 0.6 is 0 Å². The minimum Gasteiger partial charge on any atom is -0.469 e. The molecule has 0 bridgehead atoms. The number of carbonyl (C=O) groups is 4. The second kappa shape index (κ2) is 10.0. The van der Waals surface area contributed by atoms with E-state index in [4.69, 9.17) is 9.47 Å². The Labute approximate surface area is 191 Å². The van der Waals surface area contributed by atoms with Crippen LogP contribution in [0.1, 0.15) is 79.6 Å². The predicted molar refractivity (Wildman–Crippen MR) is 119 cm³/mol. The monoisotopic (exact) mass is 452 g/mol. The third-order valence-electron chi connectivity index (χ3n) is 8.34. The van der Waals surface area contributed by atoms with Crippen LogP contribution in [0.2, 0.25) is 0 Å². The number of ether oxygens (including phenoxy) is 2. The number of aliphatic hydroxyl groups is 1. The first-order chi connectivity index (χ1) is 14.9. The number of methoxy groups -OCH3 is 1. The molecule has 0 radical (unpaired) electrons. The Balaban J connectivity index is 2.56. The lowest BCUT2D eigenvalue weighted by Crippen LogP contribution is -2.63. The van der Waals surface area contributed by atoms with E-state index in [1.54, 1.807) is 6.92 Å². The first kappa shape index (κ1) is 26.5. The summed E-state index contributed by atoms with van der Waals surface area (Å²) in [7, 11) is 1.36. The van der Waals surface area contributed by atoms with Crippen molar-refractivity contribution in [2.24, 2.45) is 34.5 Å². The van der Waals surface area contributed by atoms with E-state index in [1.165, 1.54) is 7.11 Å². The Kier molecular flexibility index (Phi) is 8.30.